The number of ether oxygens (including phenoxy) is 1. The van der Waals surface area contributed by atoms with Gasteiger partial charge in [0.25, 0.3) is 0 Å². The Morgan fingerprint density at radius 3 is 2.33 bits per heavy atom. The summed E-state index contributed by atoms with van der Waals surface area (Å²) in [5, 5.41) is 1.31. The lowest BCUT2D eigenvalue weighted by molar-refractivity contribution is -0.115. The summed E-state index contributed by atoms with van der Waals surface area (Å²) in [4.78, 5) is 12.4. The van der Waals surface area contributed by atoms with Crippen LogP contribution in [0.3, 0.4) is 0 Å². The van der Waals surface area contributed by atoms with Crippen LogP contribution >= 0.6 is 0 Å². The van der Waals surface area contributed by atoms with E-state index in [1.165, 1.54) is 6.92 Å². The van der Waals surface area contributed by atoms with E-state index in [4.69, 9.17) is 4.74 Å². The van der Waals surface area contributed by atoms with Crippen molar-refractivity contribution in [2.75, 3.05) is 5.32 Å². The number of aryl methyl sites for hydroxylation is 1. The first kappa shape index (κ1) is 21.5. The molecule has 1 unspecified atom stereocenters. The highest BCUT2D eigenvalue weighted by atomic mass is 32.2. The summed E-state index contributed by atoms with van der Waals surface area (Å²) in [5.41, 5.74) is 2.26. The van der Waals surface area contributed by atoms with Crippen LogP contribution in [0.4, 0.5) is 10.1 Å². The van der Waals surface area contributed by atoms with Gasteiger partial charge in [-0.15, -0.1) is 0 Å². The summed E-state index contributed by atoms with van der Waals surface area (Å²) >= 11 is 0. The molecule has 5 nitrogen and oxygen atoms in total. The average Bonchev–Trinajstić information content (AvgIpc) is 2.74. The Kier molecular flexibility index (Phi) is 6.52. The zero-order chi connectivity index (χ0) is 21.7. The third-order valence-electron chi connectivity index (χ3n) is 4.68. The van der Waals surface area contributed by atoms with E-state index in [0.717, 1.165) is 35.4 Å². The molecule has 1 amide bonds. The smallest absolute Gasteiger partial charge is 0.242 e. The van der Waals surface area contributed by atoms with Gasteiger partial charge in [-0.3, -0.25) is 4.79 Å². The summed E-state index contributed by atoms with van der Waals surface area (Å²) in [7, 11) is -3.94. The highest BCUT2D eigenvalue weighted by Crippen LogP contribution is 2.24. The monoisotopic (exact) mass is 427 g/mol. The molecule has 3 rings (SSSR count). The van der Waals surface area contributed by atoms with Gasteiger partial charge in [0.1, 0.15) is 23.4 Å². The number of sulfone groups is 1. The molecule has 0 heterocycles. The zero-order valence-electron chi connectivity index (χ0n) is 16.6. The largest absolute Gasteiger partial charge is 0.489 e. The Morgan fingerprint density at radius 1 is 1.03 bits per heavy atom. The summed E-state index contributed by atoms with van der Waals surface area (Å²) in [6.45, 7) is 3.52. The maximum Gasteiger partial charge on any atom is 0.242 e. The molecule has 1 atom stereocenters. The first-order valence-electron chi connectivity index (χ1n) is 9.35. The number of carbonyl (C=O) groups is 1. The number of benzene rings is 3. The topological polar surface area (TPSA) is 72.5 Å². The first-order valence-corrected chi connectivity index (χ1v) is 10.9. The number of amides is 1. The predicted octanol–water partition coefficient (Wildman–Crippen LogP) is 4.51. The third kappa shape index (κ3) is 5.04. The molecule has 0 aliphatic carbocycles. The van der Waals surface area contributed by atoms with Gasteiger partial charge in [0, 0.05) is 5.69 Å². The van der Waals surface area contributed by atoms with Gasteiger partial charge in [-0.05, 0) is 67.4 Å². The van der Waals surface area contributed by atoms with E-state index in [9.17, 15) is 17.6 Å². The minimum Gasteiger partial charge on any atom is -0.489 e. The maximum atomic E-state index is 13.1. The number of carbonyl (C=O) groups excluding carboxylic acids is 1. The Morgan fingerprint density at radius 2 is 1.70 bits per heavy atom. The zero-order valence-corrected chi connectivity index (χ0v) is 17.4. The van der Waals surface area contributed by atoms with Crippen LogP contribution in [-0.4, -0.2) is 19.6 Å². The van der Waals surface area contributed by atoms with Crippen molar-refractivity contribution >= 4 is 21.4 Å². The molecule has 1 N–H and O–H groups in total. The van der Waals surface area contributed by atoms with Gasteiger partial charge in [-0.25, -0.2) is 12.8 Å². The predicted molar refractivity (Wildman–Crippen MR) is 114 cm³/mol. The van der Waals surface area contributed by atoms with Crippen molar-refractivity contribution in [3.05, 3.63) is 89.7 Å². The van der Waals surface area contributed by atoms with Crippen molar-refractivity contribution in [2.24, 2.45) is 0 Å². The van der Waals surface area contributed by atoms with E-state index in [1.807, 2.05) is 30.3 Å². The Bertz CT molecular complexity index is 1130. The number of anilines is 1. The summed E-state index contributed by atoms with van der Waals surface area (Å²) in [5.74, 6) is -0.571. The fourth-order valence-electron chi connectivity index (χ4n) is 2.81. The Hall–Kier alpha value is -3.19. The van der Waals surface area contributed by atoms with Crippen LogP contribution in [0.1, 0.15) is 18.1 Å². The highest BCUT2D eigenvalue weighted by Gasteiger charge is 2.30. The fraction of sp³-hybridized carbons (Fsp3) is 0.174. The second-order valence-corrected chi connectivity index (χ2v) is 9.15. The molecule has 3 aromatic rings. The quantitative estimate of drug-likeness (QED) is 0.563. The lowest BCUT2D eigenvalue weighted by Gasteiger charge is -2.15. The van der Waals surface area contributed by atoms with Gasteiger partial charge < -0.3 is 10.1 Å². The third-order valence-corrected chi connectivity index (χ3v) is 6.76. The molecule has 7 heteroatoms. The first-order chi connectivity index (χ1) is 14.3. The van der Waals surface area contributed by atoms with Crippen LogP contribution < -0.4 is 10.1 Å². The van der Waals surface area contributed by atoms with Crippen LogP contribution in [0.2, 0.25) is 0 Å². The maximum absolute atomic E-state index is 13.1. The van der Waals surface area contributed by atoms with E-state index < -0.39 is 26.8 Å². The lowest BCUT2D eigenvalue weighted by atomic mass is 10.2. The summed E-state index contributed by atoms with van der Waals surface area (Å²) < 4.78 is 44.1. The number of hydrogen-bond donors (Lipinski definition) is 1. The Balaban J connectivity index is 1.67. The van der Waals surface area contributed by atoms with Crippen molar-refractivity contribution < 1.29 is 22.3 Å². The van der Waals surface area contributed by atoms with Crippen molar-refractivity contribution in [3.8, 4) is 5.75 Å². The SMILES string of the molecule is Cc1cc(OCc2ccccc2)ccc1NC(=O)C(C)S(=O)(=O)c1ccc(F)cc1. The molecule has 30 heavy (non-hydrogen) atoms. The van der Waals surface area contributed by atoms with Gasteiger partial charge in [-0.2, -0.15) is 0 Å². The molecule has 0 saturated carbocycles. The number of halogens is 1. The van der Waals surface area contributed by atoms with Crippen molar-refractivity contribution in [3.63, 3.8) is 0 Å². The van der Waals surface area contributed by atoms with Gasteiger partial charge in [0.15, 0.2) is 9.84 Å². The van der Waals surface area contributed by atoms with Gasteiger partial charge >= 0.3 is 0 Å². The van der Waals surface area contributed by atoms with E-state index in [2.05, 4.69) is 5.32 Å². The second kappa shape index (κ2) is 9.09. The van der Waals surface area contributed by atoms with Crippen LogP contribution in [0.15, 0.2) is 77.7 Å². The van der Waals surface area contributed by atoms with Crippen molar-refractivity contribution in [1.29, 1.82) is 0 Å². The van der Waals surface area contributed by atoms with E-state index in [-0.39, 0.29) is 4.90 Å². The highest BCUT2D eigenvalue weighted by molar-refractivity contribution is 7.92. The lowest BCUT2D eigenvalue weighted by Crippen LogP contribution is -2.32. The second-order valence-electron chi connectivity index (χ2n) is 6.88. The normalized spacial score (nSPS) is 12.2. The minimum atomic E-state index is -3.94. The molecular formula is C23H22FNO4S. The fourth-order valence-corrected chi connectivity index (χ4v) is 4.08. The molecule has 0 aliphatic rings. The molecule has 3 aromatic carbocycles. The van der Waals surface area contributed by atoms with E-state index in [1.54, 1.807) is 25.1 Å². The standard InChI is InChI=1S/C23H22FNO4S/c1-16-14-20(29-15-18-6-4-3-5-7-18)10-13-22(16)25-23(26)17(2)30(27,28)21-11-8-19(24)9-12-21/h3-14,17H,15H2,1-2H3,(H,25,26). The Labute approximate surface area is 175 Å². The van der Waals surface area contributed by atoms with Crippen molar-refractivity contribution in [2.45, 2.75) is 30.6 Å². The van der Waals surface area contributed by atoms with E-state index >= 15 is 0 Å². The molecule has 0 aliphatic heterocycles. The minimum absolute atomic E-state index is 0.104. The van der Waals surface area contributed by atoms with Gasteiger partial charge in [0.05, 0.1) is 4.90 Å². The van der Waals surface area contributed by atoms with Crippen molar-refractivity contribution in [1.82, 2.24) is 0 Å². The van der Waals surface area contributed by atoms with Gasteiger partial charge in [-0.1, -0.05) is 30.3 Å². The van der Waals surface area contributed by atoms with Gasteiger partial charge in [0.2, 0.25) is 5.91 Å². The average molecular weight is 427 g/mol. The summed E-state index contributed by atoms with van der Waals surface area (Å²) in [6, 6.07) is 19.3. The van der Waals surface area contributed by atoms with Crippen LogP contribution in [0.25, 0.3) is 0 Å². The molecule has 156 valence electrons. The molecule has 0 aromatic heterocycles. The molecular weight excluding hydrogens is 405 g/mol. The molecule has 0 saturated heterocycles. The molecule has 0 radical (unpaired) electrons. The van der Waals surface area contributed by atoms with Crippen LogP contribution in [0.5, 0.6) is 5.75 Å². The number of hydrogen-bond acceptors (Lipinski definition) is 4. The van der Waals surface area contributed by atoms with Crippen LogP contribution in [-0.2, 0) is 21.2 Å². The number of nitrogens with one attached hydrogen (secondary N) is 1. The summed E-state index contributed by atoms with van der Waals surface area (Å²) in [6.07, 6.45) is 0. The molecule has 0 spiro atoms. The molecule has 0 bridgehead atoms. The van der Waals surface area contributed by atoms with Crippen LogP contribution in [0, 0.1) is 12.7 Å². The number of rotatable bonds is 7. The van der Waals surface area contributed by atoms with E-state index in [0.29, 0.717) is 18.0 Å². The molecule has 0 fully saturated rings.